The summed E-state index contributed by atoms with van der Waals surface area (Å²) in [6, 6.07) is 0. The molecule has 3 fully saturated rings. The first-order chi connectivity index (χ1) is 13.1. The smallest absolute Gasteiger partial charge is 0.266 e. The van der Waals surface area contributed by atoms with E-state index in [-0.39, 0.29) is 12.2 Å². The molecule has 3 rings (SSSR count). The van der Waals surface area contributed by atoms with Gasteiger partial charge in [0.1, 0.15) is 0 Å². The average Bonchev–Trinajstić information content (AvgIpc) is 2.68. The maximum Gasteiger partial charge on any atom is 0.266 e. The molecule has 1 saturated heterocycles. The van der Waals surface area contributed by atoms with E-state index >= 15 is 0 Å². The Kier molecular flexibility index (Phi) is 8.57. The van der Waals surface area contributed by atoms with Crippen LogP contribution in [0.4, 0.5) is 8.78 Å². The number of hydrogen-bond acceptors (Lipinski definition) is 2. The lowest BCUT2D eigenvalue weighted by Gasteiger charge is -2.37. The van der Waals surface area contributed by atoms with Crippen LogP contribution in [0.1, 0.15) is 84.0 Å². The van der Waals surface area contributed by atoms with Crippen molar-refractivity contribution in [2.24, 2.45) is 29.6 Å². The van der Waals surface area contributed by atoms with Gasteiger partial charge < -0.3 is 9.47 Å². The van der Waals surface area contributed by atoms with Gasteiger partial charge >= 0.3 is 0 Å². The van der Waals surface area contributed by atoms with Gasteiger partial charge in [-0.2, -0.15) is 8.78 Å². The summed E-state index contributed by atoms with van der Waals surface area (Å²) in [6.45, 7) is 3.96. The Labute approximate surface area is 164 Å². The van der Waals surface area contributed by atoms with E-state index in [4.69, 9.17) is 9.47 Å². The van der Waals surface area contributed by atoms with E-state index < -0.39 is 6.08 Å². The molecule has 0 aromatic rings. The van der Waals surface area contributed by atoms with Crippen LogP contribution < -0.4 is 0 Å². The second kappa shape index (κ2) is 10.9. The highest BCUT2D eigenvalue weighted by molar-refractivity contribution is 4.92. The van der Waals surface area contributed by atoms with Crippen molar-refractivity contribution in [2.75, 3.05) is 13.2 Å². The first-order valence-electron chi connectivity index (χ1n) is 11.4. The quantitative estimate of drug-likeness (QED) is 0.473. The molecule has 0 atom stereocenters. The van der Waals surface area contributed by atoms with Crippen LogP contribution in [-0.2, 0) is 9.47 Å². The summed E-state index contributed by atoms with van der Waals surface area (Å²) < 4.78 is 36.7. The molecule has 0 aromatic carbocycles. The lowest BCUT2D eigenvalue weighted by Crippen LogP contribution is -2.32. The Morgan fingerprint density at radius 3 is 1.93 bits per heavy atom. The second-order valence-electron chi connectivity index (χ2n) is 9.24. The Balaban J connectivity index is 1.29. The van der Waals surface area contributed by atoms with Gasteiger partial charge in [0.25, 0.3) is 6.08 Å². The Morgan fingerprint density at radius 1 is 0.778 bits per heavy atom. The van der Waals surface area contributed by atoms with Gasteiger partial charge in [-0.05, 0) is 87.5 Å². The SMILES string of the molecule is CCCC1COC(CCC2CCC(C3CCC(C=C(F)F)CC3)CC2)OC1. The summed E-state index contributed by atoms with van der Waals surface area (Å²) >= 11 is 0. The topological polar surface area (TPSA) is 18.5 Å². The standard InChI is InChI=1S/C23H38F2O2/c1-2-3-19-15-26-23(27-16-19)13-8-17-4-9-20(10-5-17)21-11-6-18(7-12-21)14-22(24)25/h14,17-21,23H,2-13,15-16H2,1H3. The molecule has 0 N–H and O–H groups in total. The van der Waals surface area contributed by atoms with Crippen LogP contribution >= 0.6 is 0 Å². The molecule has 0 bridgehead atoms. The zero-order valence-corrected chi connectivity index (χ0v) is 17.0. The van der Waals surface area contributed by atoms with Crippen molar-refractivity contribution in [1.29, 1.82) is 0 Å². The number of allylic oxidation sites excluding steroid dienone is 1. The summed E-state index contributed by atoms with van der Waals surface area (Å²) in [5.41, 5.74) is 0. The van der Waals surface area contributed by atoms with E-state index in [1.807, 2.05) is 0 Å². The number of halogens is 2. The number of ether oxygens (including phenoxy) is 2. The van der Waals surface area contributed by atoms with Crippen LogP contribution in [-0.4, -0.2) is 19.5 Å². The zero-order chi connectivity index (χ0) is 19.1. The molecule has 0 amide bonds. The fraction of sp³-hybridized carbons (Fsp3) is 0.913. The van der Waals surface area contributed by atoms with Gasteiger partial charge in [0.15, 0.2) is 6.29 Å². The van der Waals surface area contributed by atoms with E-state index in [0.29, 0.717) is 5.92 Å². The highest BCUT2D eigenvalue weighted by Gasteiger charge is 2.31. The molecule has 3 aliphatic rings. The Hall–Kier alpha value is -0.480. The van der Waals surface area contributed by atoms with Crippen LogP contribution in [0, 0.1) is 29.6 Å². The second-order valence-corrected chi connectivity index (χ2v) is 9.24. The van der Waals surface area contributed by atoms with Crippen molar-refractivity contribution in [1.82, 2.24) is 0 Å². The Bertz CT molecular complexity index is 439. The maximum atomic E-state index is 12.4. The fourth-order valence-corrected chi connectivity index (χ4v) is 5.61. The van der Waals surface area contributed by atoms with Crippen LogP contribution in [0.5, 0.6) is 0 Å². The first kappa shape index (κ1) is 21.2. The molecule has 0 aromatic heterocycles. The van der Waals surface area contributed by atoms with Crippen LogP contribution in [0.2, 0.25) is 0 Å². The van der Waals surface area contributed by atoms with Crippen LogP contribution in [0.3, 0.4) is 0 Å². The molecule has 1 heterocycles. The summed E-state index contributed by atoms with van der Waals surface area (Å²) in [5, 5.41) is 0. The molecule has 2 aliphatic carbocycles. The summed E-state index contributed by atoms with van der Waals surface area (Å²) in [6.07, 6.45) is 13.9. The lowest BCUT2D eigenvalue weighted by atomic mass is 9.69. The zero-order valence-electron chi connectivity index (χ0n) is 17.0. The monoisotopic (exact) mass is 384 g/mol. The van der Waals surface area contributed by atoms with Crippen molar-refractivity contribution in [2.45, 2.75) is 90.3 Å². The van der Waals surface area contributed by atoms with Crippen molar-refractivity contribution in [3.63, 3.8) is 0 Å². The molecule has 0 radical (unpaired) electrons. The molecule has 4 heteroatoms. The molecule has 27 heavy (non-hydrogen) atoms. The predicted molar refractivity (Wildman–Crippen MR) is 105 cm³/mol. The number of hydrogen-bond donors (Lipinski definition) is 0. The molecule has 0 unspecified atom stereocenters. The van der Waals surface area contributed by atoms with Gasteiger partial charge in [0.2, 0.25) is 0 Å². The van der Waals surface area contributed by atoms with Gasteiger partial charge in [-0.1, -0.05) is 26.2 Å². The highest BCUT2D eigenvalue weighted by atomic mass is 19.3. The van der Waals surface area contributed by atoms with E-state index in [0.717, 1.165) is 63.1 Å². The van der Waals surface area contributed by atoms with Crippen LogP contribution in [0.25, 0.3) is 0 Å². The normalized spacial score (nSPS) is 37.7. The summed E-state index contributed by atoms with van der Waals surface area (Å²) in [5.74, 6) is 3.14. The van der Waals surface area contributed by atoms with Crippen molar-refractivity contribution >= 4 is 0 Å². The minimum absolute atomic E-state index is 0.0232. The van der Waals surface area contributed by atoms with Gasteiger partial charge in [-0.15, -0.1) is 0 Å². The molecule has 0 spiro atoms. The van der Waals surface area contributed by atoms with Crippen molar-refractivity contribution in [3.05, 3.63) is 12.2 Å². The van der Waals surface area contributed by atoms with Gasteiger partial charge in [-0.25, -0.2) is 0 Å². The van der Waals surface area contributed by atoms with Gasteiger partial charge in [-0.3, -0.25) is 0 Å². The van der Waals surface area contributed by atoms with Gasteiger partial charge in [0.05, 0.1) is 13.2 Å². The van der Waals surface area contributed by atoms with Crippen molar-refractivity contribution < 1.29 is 18.3 Å². The van der Waals surface area contributed by atoms with Crippen molar-refractivity contribution in [3.8, 4) is 0 Å². The summed E-state index contributed by atoms with van der Waals surface area (Å²) in [7, 11) is 0. The van der Waals surface area contributed by atoms with E-state index in [9.17, 15) is 8.78 Å². The molecule has 2 saturated carbocycles. The maximum absolute atomic E-state index is 12.4. The first-order valence-corrected chi connectivity index (χ1v) is 11.4. The molecule has 2 nitrogen and oxygen atoms in total. The average molecular weight is 385 g/mol. The minimum Gasteiger partial charge on any atom is -0.352 e. The van der Waals surface area contributed by atoms with E-state index in [2.05, 4.69) is 6.92 Å². The Morgan fingerprint density at radius 2 is 1.37 bits per heavy atom. The van der Waals surface area contributed by atoms with Crippen LogP contribution in [0.15, 0.2) is 12.2 Å². The van der Waals surface area contributed by atoms with Gasteiger partial charge in [0, 0.05) is 5.92 Å². The lowest BCUT2D eigenvalue weighted by molar-refractivity contribution is -0.205. The number of rotatable bonds is 7. The highest BCUT2D eigenvalue weighted by Crippen LogP contribution is 2.42. The fourth-order valence-electron chi connectivity index (χ4n) is 5.61. The third-order valence-corrected chi connectivity index (χ3v) is 7.28. The molecule has 1 aliphatic heterocycles. The third kappa shape index (κ3) is 6.81. The summed E-state index contributed by atoms with van der Waals surface area (Å²) in [4.78, 5) is 0. The third-order valence-electron chi connectivity index (χ3n) is 7.28. The largest absolute Gasteiger partial charge is 0.352 e. The molecule has 156 valence electrons. The van der Waals surface area contributed by atoms with E-state index in [1.54, 1.807) is 0 Å². The molecular weight excluding hydrogens is 346 g/mol. The minimum atomic E-state index is -1.49. The van der Waals surface area contributed by atoms with E-state index in [1.165, 1.54) is 51.0 Å². The molecular formula is C23H38F2O2. The predicted octanol–water partition coefficient (Wildman–Crippen LogP) is 6.95.